The fourth-order valence-electron chi connectivity index (χ4n) is 4.08. The molecule has 7 heteroatoms. The maximum absolute atomic E-state index is 13.1. The van der Waals surface area contributed by atoms with Gasteiger partial charge in [-0.25, -0.2) is 8.42 Å². The largest absolute Gasteiger partial charge is 0.507 e. The van der Waals surface area contributed by atoms with Crippen LogP contribution in [0.4, 0.5) is 5.69 Å². The van der Waals surface area contributed by atoms with E-state index in [2.05, 4.69) is 4.72 Å². The second kappa shape index (κ2) is 8.01. The van der Waals surface area contributed by atoms with Crippen LogP contribution in [0.3, 0.4) is 0 Å². The smallest absolute Gasteiger partial charge is 0.261 e. The Kier molecular flexibility index (Phi) is 5.46. The van der Waals surface area contributed by atoms with Crippen molar-refractivity contribution >= 4 is 26.5 Å². The highest BCUT2D eigenvalue weighted by molar-refractivity contribution is 7.92. The predicted molar refractivity (Wildman–Crippen MR) is 131 cm³/mol. The molecule has 0 heterocycles. The summed E-state index contributed by atoms with van der Waals surface area (Å²) in [7, 11) is -3.91. The summed E-state index contributed by atoms with van der Waals surface area (Å²) in [5, 5.41) is 33.5. The van der Waals surface area contributed by atoms with Crippen molar-refractivity contribution in [3.63, 3.8) is 0 Å². The number of benzene rings is 4. The first-order valence-corrected chi connectivity index (χ1v) is 11.9. The summed E-state index contributed by atoms with van der Waals surface area (Å²) in [6, 6.07) is 15.1. The first-order valence-electron chi connectivity index (χ1n) is 10.4. The second-order valence-electron chi connectivity index (χ2n) is 8.23. The van der Waals surface area contributed by atoms with Gasteiger partial charge in [0, 0.05) is 11.1 Å². The van der Waals surface area contributed by atoms with Gasteiger partial charge in [-0.1, -0.05) is 42.0 Å². The Labute approximate surface area is 192 Å². The monoisotopic (exact) mass is 463 g/mol. The molecular formula is C26H25NO5S. The topological polar surface area (TPSA) is 107 Å². The summed E-state index contributed by atoms with van der Waals surface area (Å²) in [4.78, 5) is 0.116. The van der Waals surface area contributed by atoms with Gasteiger partial charge in [-0.3, -0.25) is 4.72 Å². The summed E-state index contributed by atoms with van der Waals surface area (Å²) < 4.78 is 28.9. The normalized spacial score (nSPS) is 11.6. The van der Waals surface area contributed by atoms with Crippen molar-refractivity contribution in [1.82, 2.24) is 0 Å². The van der Waals surface area contributed by atoms with Crippen LogP contribution < -0.4 is 4.72 Å². The molecule has 0 aliphatic heterocycles. The Hall–Kier alpha value is -3.71. The van der Waals surface area contributed by atoms with Gasteiger partial charge in [-0.2, -0.15) is 0 Å². The lowest BCUT2D eigenvalue weighted by molar-refractivity contribution is 0.405. The molecule has 0 atom stereocenters. The van der Waals surface area contributed by atoms with E-state index in [1.54, 1.807) is 57.2 Å². The molecule has 0 saturated carbocycles. The zero-order chi connectivity index (χ0) is 24.1. The molecule has 0 bridgehead atoms. The van der Waals surface area contributed by atoms with Crippen molar-refractivity contribution in [3.05, 3.63) is 76.9 Å². The zero-order valence-corrected chi connectivity index (χ0v) is 19.6. The first kappa shape index (κ1) is 22.5. The summed E-state index contributed by atoms with van der Waals surface area (Å²) in [6.45, 7) is 6.95. The number of rotatable bonds is 4. The fourth-order valence-corrected chi connectivity index (χ4v) is 5.27. The lowest BCUT2D eigenvalue weighted by atomic mass is 9.88. The third-order valence-electron chi connectivity index (χ3n) is 6.10. The fraction of sp³-hybridized carbons (Fsp3) is 0.154. The summed E-state index contributed by atoms with van der Waals surface area (Å²) in [5.41, 5.74) is 3.20. The maximum Gasteiger partial charge on any atom is 0.261 e. The van der Waals surface area contributed by atoms with E-state index in [4.69, 9.17) is 0 Å². The van der Waals surface area contributed by atoms with Crippen LogP contribution in [0.5, 0.6) is 17.2 Å². The van der Waals surface area contributed by atoms with E-state index in [1.807, 2.05) is 6.92 Å². The first-order chi connectivity index (χ1) is 15.5. The van der Waals surface area contributed by atoms with Gasteiger partial charge in [0.15, 0.2) is 11.5 Å². The number of aryl methyl sites for hydroxylation is 1. The zero-order valence-electron chi connectivity index (χ0n) is 18.8. The number of sulfonamides is 1. The van der Waals surface area contributed by atoms with Crippen molar-refractivity contribution in [2.75, 3.05) is 4.72 Å². The molecule has 0 amide bonds. The molecule has 0 unspecified atom stereocenters. The molecular weight excluding hydrogens is 438 g/mol. The van der Waals surface area contributed by atoms with Crippen molar-refractivity contribution in [1.29, 1.82) is 0 Å². The van der Waals surface area contributed by atoms with Crippen LogP contribution in [0.2, 0.25) is 0 Å². The van der Waals surface area contributed by atoms with E-state index in [0.717, 1.165) is 5.56 Å². The van der Waals surface area contributed by atoms with Crippen LogP contribution in [-0.4, -0.2) is 23.7 Å². The van der Waals surface area contributed by atoms with E-state index in [0.29, 0.717) is 33.2 Å². The van der Waals surface area contributed by atoms with Crippen molar-refractivity contribution in [2.45, 2.75) is 32.6 Å². The van der Waals surface area contributed by atoms with E-state index in [9.17, 15) is 23.7 Å². The average Bonchev–Trinajstić information content (AvgIpc) is 2.78. The molecule has 0 spiro atoms. The van der Waals surface area contributed by atoms with E-state index in [-0.39, 0.29) is 33.3 Å². The molecule has 0 radical (unpaired) electrons. The molecule has 0 saturated heterocycles. The highest BCUT2D eigenvalue weighted by Gasteiger charge is 2.26. The number of anilines is 1. The van der Waals surface area contributed by atoms with Gasteiger partial charge >= 0.3 is 0 Å². The lowest BCUT2D eigenvalue weighted by Crippen LogP contribution is -2.15. The molecule has 0 aliphatic carbocycles. The van der Waals surface area contributed by atoms with E-state index in [1.165, 1.54) is 18.2 Å². The number of aromatic hydroxyl groups is 3. The van der Waals surface area contributed by atoms with E-state index >= 15 is 0 Å². The average molecular weight is 464 g/mol. The van der Waals surface area contributed by atoms with Gasteiger partial charge in [0.1, 0.15) is 5.75 Å². The molecule has 0 aromatic heterocycles. The van der Waals surface area contributed by atoms with Gasteiger partial charge in [0.05, 0.1) is 10.6 Å². The minimum absolute atomic E-state index is 0.0886. The Balaban J connectivity index is 2.00. The molecule has 4 aromatic carbocycles. The van der Waals surface area contributed by atoms with Crippen molar-refractivity contribution in [2.24, 2.45) is 0 Å². The number of hydrogen-bond acceptors (Lipinski definition) is 5. The molecule has 0 aliphatic rings. The molecule has 0 fully saturated rings. The molecule has 4 rings (SSSR count). The molecule has 6 nitrogen and oxygen atoms in total. The standard InChI is InChI=1S/C26H25NO5S/c1-14-9-11-19(12-10-14)33(31,32)27-24-15(2)16(3)25(29)22(17(24)4)23-20-8-6-5-7-18(20)13-21(28)26(23)30/h5-13,27-30H,1-4H3. The minimum Gasteiger partial charge on any atom is -0.507 e. The van der Waals surface area contributed by atoms with Gasteiger partial charge in [-0.05, 0) is 73.4 Å². The molecule has 170 valence electrons. The third-order valence-corrected chi connectivity index (χ3v) is 7.46. The van der Waals surface area contributed by atoms with Crippen LogP contribution in [0.25, 0.3) is 21.9 Å². The minimum atomic E-state index is -3.91. The van der Waals surface area contributed by atoms with Crippen LogP contribution in [0.1, 0.15) is 22.3 Å². The third kappa shape index (κ3) is 3.74. The highest BCUT2D eigenvalue weighted by Crippen LogP contribution is 2.50. The Morgan fingerprint density at radius 1 is 0.727 bits per heavy atom. The Morgan fingerprint density at radius 2 is 1.36 bits per heavy atom. The van der Waals surface area contributed by atoms with Gasteiger partial charge in [0.2, 0.25) is 0 Å². The van der Waals surface area contributed by atoms with Gasteiger partial charge in [0.25, 0.3) is 10.0 Å². The quantitative estimate of drug-likeness (QED) is 0.231. The second-order valence-corrected chi connectivity index (χ2v) is 9.91. The highest BCUT2D eigenvalue weighted by atomic mass is 32.2. The summed E-state index contributed by atoms with van der Waals surface area (Å²) in [6.07, 6.45) is 0. The number of phenolic OH excluding ortho intramolecular Hbond substituents is 3. The predicted octanol–water partition coefficient (Wildman–Crippen LogP) is 5.66. The number of hydrogen-bond donors (Lipinski definition) is 4. The van der Waals surface area contributed by atoms with Crippen LogP contribution >= 0.6 is 0 Å². The van der Waals surface area contributed by atoms with Gasteiger partial charge < -0.3 is 15.3 Å². The number of nitrogens with one attached hydrogen (secondary N) is 1. The Bertz CT molecular complexity index is 1510. The molecule has 4 N–H and O–H groups in total. The SMILES string of the molecule is Cc1ccc(S(=O)(=O)Nc2c(C)c(C)c(O)c(-c3c(O)c(O)cc4ccccc34)c2C)cc1. The summed E-state index contributed by atoms with van der Waals surface area (Å²) in [5.74, 6) is -0.806. The van der Waals surface area contributed by atoms with E-state index < -0.39 is 10.0 Å². The van der Waals surface area contributed by atoms with Crippen molar-refractivity contribution in [3.8, 4) is 28.4 Å². The van der Waals surface area contributed by atoms with Gasteiger partial charge in [-0.15, -0.1) is 0 Å². The summed E-state index contributed by atoms with van der Waals surface area (Å²) >= 11 is 0. The van der Waals surface area contributed by atoms with Crippen LogP contribution in [0.15, 0.2) is 59.5 Å². The number of fused-ring (bicyclic) bond motifs is 1. The van der Waals surface area contributed by atoms with Crippen LogP contribution in [-0.2, 0) is 10.0 Å². The maximum atomic E-state index is 13.1. The Morgan fingerprint density at radius 3 is 2.03 bits per heavy atom. The van der Waals surface area contributed by atoms with Crippen LogP contribution in [0, 0.1) is 27.7 Å². The lowest BCUT2D eigenvalue weighted by Gasteiger charge is -2.22. The molecule has 33 heavy (non-hydrogen) atoms. The van der Waals surface area contributed by atoms with Crippen molar-refractivity contribution < 1.29 is 23.7 Å². The molecule has 4 aromatic rings. The number of phenols is 3.